The summed E-state index contributed by atoms with van der Waals surface area (Å²) in [5.41, 5.74) is 3.75. The van der Waals surface area contributed by atoms with Crippen LogP contribution in [0.3, 0.4) is 0 Å². The molecular weight excluding hydrogens is 380 g/mol. The molecule has 144 valence electrons. The standard InChI is InChI=1S/C9H13NS.C6H3N3O7/c10-6-7-11-8-9-4-2-1-3-5-9;10-6-4(8(13)14)1-3(7(11)12)2-5(6)9(15)16/h1-5H,6-8,10H2;1-2,10H. The Hall–Kier alpha value is -3.25. The number of nitro groups is 3. The van der Waals surface area contributed by atoms with Crippen molar-refractivity contribution in [3.8, 4) is 5.75 Å². The fourth-order valence-electron chi connectivity index (χ4n) is 1.82. The summed E-state index contributed by atoms with van der Waals surface area (Å²) in [6.45, 7) is 0.775. The zero-order valence-corrected chi connectivity index (χ0v) is 14.7. The number of phenolic OH excluding ortho intramolecular Hbond substituents is 1. The number of nitrogens with two attached hydrogens (primary N) is 1. The summed E-state index contributed by atoms with van der Waals surface area (Å²) in [7, 11) is 0. The summed E-state index contributed by atoms with van der Waals surface area (Å²) >= 11 is 1.88. The second-order valence-electron chi connectivity index (χ2n) is 4.93. The summed E-state index contributed by atoms with van der Waals surface area (Å²) in [5.74, 6) is 0.924. The molecule has 12 heteroatoms. The average molecular weight is 396 g/mol. The van der Waals surface area contributed by atoms with Crippen molar-refractivity contribution in [3.63, 3.8) is 0 Å². The molecule has 0 saturated heterocycles. The van der Waals surface area contributed by atoms with Gasteiger partial charge in [0.1, 0.15) is 0 Å². The molecule has 0 radical (unpaired) electrons. The number of phenols is 1. The minimum absolute atomic E-state index is 0.447. The summed E-state index contributed by atoms with van der Waals surface area (Å²) in [6.07, 6.45) is 0. The third kappa shape index (κ3) is 6.87. The highest BCUT2D eigenvalue weighted by Crippen LogP contribution is 2.38. The Balaban J connectivity index is 0.000000289. The molecule has 0 bridgehead atoms. The zero-order valence-electron chi connectivity index (χ0n) is 13.9. The van der Waals surface area contributed by atoms with Crippen molar-refractivity contribution < 1.29 is 19.9 Å². The van der Waals surface area contributed by atoms with Gasteiger partial charge >= 0.3 is 11.4 Å². The molecule has 0 aliphatic carbocycles. The van der Waals surface area contributed by atoms with Gasteiger partial charge in [0, 0.05) is 18.1 Å². The molecule has 0 spiro atoms. The Morgan fingerprint density at radius 1 is 0.926 bits per heavy atom. The van der Waals surface area contributed by atoms with Crippen LogP contribution in [-0.4, -0.2) is 32.2 Å². The normalized spacial score (nSPS) is 9.81. The van der Waals surface area contributed by atoms with Crippen LogP contribution in [0.25, 0.3) is 0 Å². The van der Waals surface area contributed by atoms with E-state index in [1.807, 2.05) is 17.8 Å². The lowest BCUT2D eigenvalue weighted by Gasteiger charge is -1.98. The van der Waals surface area contributed by atoms with Crippen molar-refractivity contribution in [3.05, 3.63) is 78.4 Å². The van der Waals surface area contributed by atoms with Gasteiger partial charge in [0.2, 0.25) is 0 Å². The summed E-state index contributed by atoms with van der Waals surface area (Å²) in [6, 6.07) is 11.4. The van der Waals surface area contributed by atoms with E-state index in [1.54, 1.807) is 0 Å². The Morgan fingerprint density at radius 3 is 1.85 bits per heavy atom. The van der Waals surface area contributed by atoms with E-state index in [4.69, 9.17) is 10.8 Å². The third-order valence-corrected chi connectivity index (χ3v) is 4.09. The SMILES string of the molecule is NCCSCc1ccccc1.O=[N+]([O-])c1cc([N+](=O)[O-])c(O)c([N+](=O)[O-])c1. The molecule has 0 aliphatic rings. The first kappa shape index (κ1) is 21.8. The van der Waals surface area contributed by atoms with Crippen LogP contribution in [0.15, 0.2) is 42.5 Å². The number of aromatic hydroxyl groups is 1. The highest BCUT2D eigenvalue weighted by atomic mass is 32.2. The fourth-order valence-corrected chi connectivity index (χ4v) is 2.56. The molecule has 27 heavy (non-hydrogen) atoms. The lowest BCUT2D eigenvalue weighted by atomic mass is 10.2. The number of hydrogen-bond acceptors (Lipinski definition) is 9. The first-order valence-corrected chi connectivity index (χ1v) is 8.55. The average Bonchev–Trinajstić information content (AvgIpc) is 2.63. The molecule has 11 nitrogen and oxygen atoms in total. The molecule has 3 N–H and O–H groups in total. The second-order valence-corrected chi connectivity index (χ2v) is 6.04. The van der Waals surface area contributed by atoms with Crippen molar-refractivity contribution in [2.45, 2.75) is 5.75 Å². The van der Waals surface area contributed by atoms with Crippen LogP contribution in [0.2, 0.25) is 0 Å². The number of non-ortho nitro benzene ring substituents is 1. The Labute approximate surface area is 157 Å². The molecule has 2 rings (SSSR count). The Bertz CT molecular complexity index is 782. The largest absolute Gasteiger partial charge is 0.497 e. The highest BCUT2D eigenvalue weighted by molar-refractivity contribution is 7.98. The van der Waals surface area contributed by atoms with E-state index >= 15 is 0 Å². The van der Waals surface area contributed by atoms with Crippen LogP contribution in [0, 0.1) is 30.3 Å². The van der Waals surface area contributed by atoms with E-state index in [0.29, 0.717) is 12.1 Å². The summed E-state index contributed by atoms with van der Waals surface area (Å²) in [5, 5.41) is 40.2. The molecule has 0 aliphatic heterocycles. The number of rotatable bonds is 7. The van der Waals surface area contributed by atoms with E-state index < -0.39 is 37.6 Å². The molecule has 0 unspecified atom stereocenters. The van der Waals surface area contributed by atoms with Crippen LogP contribution < -0.4 is 5.73 Å². The quantitative estimate of drug-likeness (QED) is 0.404. The Morgan fingerprint density at radius 2 is 1.44 bits per heavy atom. The van der Waals surface area contributed by atoms with Gasteiger partial charge in [-0.1, -0.05) is 30.3 Å². The maximum absolute atomic E-state index is 10.4. The smallest absolute Gasteiger partial charge is 0.324 e. The van der Waals surface area contributed by atoms with Crippen LogP contribution >= 0.6 is 11.8 Å². The first-order valence-electron chi connectivity index (χ1n) is 7.39. The van der Waals surface area contributed by atoms with Crippen molar-refractivity contribution in [2.75, 3.05) is 12.3 Å². The molecule has 2 aromatic carbocycles. The molecular formula is C15H16N4O7S. The highest BCUT2D eigenvalue weighted by Gasteiger charge is 2.30. The van der Waals surface area contributed by atoms with E-state index in [9.17, 15) is 30.3 Å². The number of nitrogens with zero attached hydrogens (tertiary/aromatic N) is 3. The Kier molecular flexibility index (Phi) is 8.62. The van der Waals surface area contributed by atoms with Gasteiger partial charge in [0.15, 0.2) is 0 Å². The monoisotopic (exact) mass is 396 g/mol. The lowest BCUT2D eigenvalue weighted by Crippen LogP contribution is -2.01. The van der Waals surface area contributed by atoms with Crippen LogP contribution in [0.4, 0.5) is 17.1 Å². The molecule has 0 amide bonds. The molecule has 2 aromatic rings. The maximum atomic E-state index is 10.4. The summed E-state index contributed by atoms with van der Waals surface area (Å²) < 4.78 is 0. The van der Waals surface area contributed by atoms with Gasteiger partial charge in [0.05, 0.1) is 26.9 Å². The molecule has 0 saturated carbocycles. The first-order chi connectivity index (χ1) is 12.8. The minimum Gasteiger partial charge on any atom is -0.497 e. The van der Waals surface area contributed by atoms with Crippen LogP contribution in [0.1, 0.15) is 5.56 Å². The molecule has 0 heterocycles. The third-order valence-electron chi connectivity index (χ3n) is 3.03. The predicted octanol–water partition coefficient (Wildman–Crippen LogP) is 3.00. The van der Waals surface area contributed by atoms with Crippen molar-refractivity contribution in [2.24, 2.45) is 5.73 Å². The number of nitro benzene ring substituents is 3. The molecule has 0 aromatic heterocycles. The van der Waals surface area contributed by atoms with Gasteiger partial charge in [0.25, 0.3) is 11.4 Å². The zero-order chi connectivity index (χ0) is 20.4. The van der Waals surface area contributed by atoms with Gasteiger partial charge in [-0.2, -0.15) is 11.8 Å². The van der Waals surface area contributed by atoms with Gasteiger partial charge in [-0.05, 0) is 5.56 Å². The number of thioether (sulfide) groups is 1. The van der Waals surface area contributed by atoms with Gasteiger partial charge in [-0.25, -0.2) is 0 Å². The van der Waals surface area contributed by atoms with Crippen molar-refractivity contribution in [1.29, 1.82) is 0 Å². The topological polar surface area (TPSA) is 176 Å². The van der Waals surface area contributed by atoms with Crippen LogP contribution in [0.5, 0.6) is 5.75 Å². The van der Waals surface area contributed by atoms with Crippen molar-refractivity contribution in [1.82, 2.24) is 0 Å². The van der Waals surface area contributed by atoms with E-state index in [0.717, 1.165) is 18.1 Å². The molecule has 0 fully saturated rings. The summed E-state index contributed by atoms with van der Waals surface area (Å²) in [4.78, 5) is 27.8. The molecule has 0 atom stereocenters. The van der Waals surface area contributed by atoms with Gasteiger partial charge in [-0.15, -0.1) is 0 Å². The fraction of sp³-hybridized carbons (Fsp3) is 0.200. The predicted molar refractivity (Wildman–Crippen MR) is 99.7 cm³/mol. The van der Waals surface area contributed by atoms with E-state index in [-0.39, 0.29) is 0 Å². The van der Waals surface area contributed by atoms with Crippen LogP contribution in [-0.2, 0) is 5.75 Å². The number of hydrogen-bond donors (Lipinski definition) is 2. The van der Waals surface area contributed by atoms with Gasteiger partial charge in [-0.3, -0.25) is 30.3 Å². The second kappa shape index (κ2) is 10.7. The lowest BCUT2D eigenvalue weighted by molar-refractivity contribution is -0.404. The van der Waals surface area contributed by atoms with Crippen molar-refractivity contribution >= 4 is 28.8 Å². The number of benzene rings is 2. The van der Waals surface area contributed by atoms with E-state index in [1.165, 1.54) is 5.56 Å². The van der Waals surface area contributed by atoms with Gasteiger partial charge < -0.3 is 10.8 Å². The minimum atomic E-state index is -1.21. The van der Waals surface area contributed by atoms with E-state index in [2.05, 4.69) is 24.3 Å². The maximum Gasteiger partial charge on any atom is 0.324 e.